The van der Waals surface area contributed by atoms with Crippen LogP contribution in [0.5, 0.6) is 0 Å². The van der Waals surface area contributed by atoms with Gasteiger partial charge in [-0.15, -0.1) is 0 Å². The van der Waals surface area contributed by atoms with Crippen molar-refractivity contribution in [1.82, 2.24) is 10.2 Å². The van der Waals surface area contributed by atoms with Crippen LogP contribution in [0.1, 0.15) is 12.0 Å². The molecule has 1 aliphatic rings. The first kappa shape index (κ1) is 15.7. The number of amides is 2. The van der Waals surface area contributed by atoms with Crippen LogP contribution in [0.3, 0.4) is 0 Å². The number of carbonyl (C=O) groups is 2. The molecule has 0 bridgehead atoms. The van der Waals surface area contributed by atoms with Gasteiger partial charge >= 0.3 is 12.0 Å². The number of rotatable bonds is 5. The highest BCUT2D eigenvalue weighted by molar-refractivity contribution is 7.99. The summed E-state index contributed by atoms with van der Waals surface area (Å²) in [7, 11) is 1.73. The number of carboxylic acid groups (broad SMARTS) is 1. The van der Waals surface area contributed by atoms with E-state index in [1.807, 2.05) is 42.1 Å². The van der Waals surface area contributed by atoms with Gasteiger partial charge in [-0.2, -0.15) is 11.8 Å². The standard InChI is InChI=1S/C15H20N2O3S/c1-17(12-7-8-21-10-12)15(20)16-13(14(18)19)9-11-5-3-2-4-6-11/h2-6,12-13H,7-10H2,1H3,(H,16,20)(H,18,19)/t12?,13-/m0/s1. The largest absolute Gasteiger partial charge is 0.480 e. The van der Waals surface area contributed by atoms with Crippen LogP contribution < -0.4 is 5.32 Å². The van der Waals surface area contributed by atoms with Crippen molar-refractivity contribution in [2.45, 2.75) is 24.9 Å². The van der Waals surface area contributed by atoms with Gasteiger partial charge in [0.2, 0.25) is 0 Å². The molecule has 1 aromatic carbocycles. The molecule has 2 atom stereocenters. The molecule has 0 spiro atoms. The van der Waals surface area contributed by atoms with Gasteiger partial charge < -0.3 is 15.3 Å². The van der Waals surface area contributed by atoms with E-state index in [9.17, 15) is 14.7 Å². The SMILES string of the molecule is CN(C(=O)N[C@@H](Cc1ccccc1)C(=O)O)C1CCSC1. The number of nitrogens with zero attached hydrogens (tertiary/aromatic N) is 1. The fourth-order valence-corrected chi connectivity index (χ4v) is 3.56. The molecular weight excluding hydrogens is 288 g/mol. The fraction of sp³-hybridized carbons (Fsp3) is 0.467. The Balaban J connectivity index is 1.95. The van der Waals surface area contributed by atoms with Crippen LogP contribution >= 0.6 is 11.8 Å². The third kappa shape index (κ3) is 4.39. The van der Waals surface area contributed by atoms with E-state index >= 15 is 0 Å². The van der Waals surface area contributed by atoms with E-state index in [0.29, 0.717) is 0 Å². The van der Waals surface area contributed by atoms with Gasteiger partial charge in [-0.3, -0.25) is 0 Å². The van der Waals surface area contributed by atoms with E-state index < -0.39 is 12.0 Å². The Morgan fingerprint density at radius 1 is 1.43 bits per heavy atom. The normalized spacial score (nSPS) is 19.0. The quantitative estimate of drug-likeness (QED) is 0.870. The van der Waals surface area contributed by atoms with Gasteiger partial charge in [-0.25, -0.2) is 9.59 Å². The maximum Gasteiger partial charge on any atom is 0.326 e. The van der Waals surface area contributed by atoms with E-state index in [-0.39, 0.29) is 18.5 Å². The summed E-state index contributed by atoms with van der Waals surface area (Å²) < 4.78 is 0. The van der Waals surface area contributed by atoms with Crippen molar-refractivity contribution in [3.63, 3.8) is 0 Å². The summed E-state index contributed by atoms with van der Waals surface area (Å²) in [4.78, 5) is 25.1. The van der Waals surface area contributed by atoms with Gasteiger partial charge in [0, 0.05) is 25.3 Å². The van der Waals surface area contributed by atoms with Crippen LogP contribution in [-0.4, -0.2) is 52.6 Å². The minimum atomic E-state index is -1.01. The molecule has 21 heavy (non-hydrogen) atoms. The van der Waals surface area contributed by atoms with Crippen molar-refractivity contribution < 1.29 is 14.7 Å². The van der Waals surface area contributed by atoms with Crippen molar-refractivity contribution in [2.24, 2.45) is 0 Å². The van der Waals surface area contributed by atoms with E-state index in [2.05, 4.69) is 5.32 Å². The summed E-state index contributed by atoms with van der Waals surface area (Å²) in [5.74, 6) is 0.955. The predicted octanol–water partition coefficient (Wildman–Crippen LogP) is 1.83. The number of carboxylic acids is 1. The Hall–Kier alpha value is -1.69. The van der Waals surface area contributed by atoms with Crippen LogP contribution in [0.2, 0.25) is 0 Å². The summed E-state index contributed by atoms with van der Waals surface area (Å²) in [5, 5.41) is 11.9. The third-order valence-electron chi connectivity index (χ3n) is 3.65. The molecule has 2 amide bonds. The first-order valence-corrected chi connectivity index (χ1v) is 8.11. The van der Waals surface area contributed by atoms with E-state index in [0.717, 1.165) is 23.5 Å². The minimum Gasteiger partial charge on any atom is -0.480 e. The lowest BCUT2D eigenvalue weighted by Crippen LogP contribution is -2.50. The number of hydrogen-bond donors (Lipinski definition) is 2. The molecule has 0 aromatic heterocycles. The van der Waals surface area contributed by atoms with E-state index in [1.165, 1.54) is 0 Å². The molecule has 1 heterocycles. The van der Waals surface area contributed by atoms with Crippen LogP contribution in [0.15, 0.2) is 30.3 Å². The Morgan fingerprint density at radius 2 is 2.14 bits per heavy atom. The average Bonchev–Trinajstić information content (AvgIpc) is 3.00. The third-order valence-corrected chi connectivity index (χ3v) is 4.80. The number of hydrogen-bond acceptors (Lipinski definition) is 3. The summed E-state index contributed by atoms with van der Waals surface area (Å²) in [5.41, 5.74) is 0.893. The lowest BCUT2D eigenvalue weighted by molar-refractivity contribution is -0.139. The lowest BCUT2D eigenvalue weighted by Gasteiger charge is -2.26. The highest BCUT2D eigenvalue weighted by Gasteiger charge is 2.27. The molecule has 0 saturated carbocycles. The first-order chi connectivity index (χ1) is 10.1. The molecule has 1 fully saturated rings. The highest BCUT2D eigenvalue weighted by Crippen LogP contribution is 2.21. The molecule has 2 N–H and O–H groups in total. The fourth-order valence-electron chi connectivity index (χ4n) is 2.29. The van der Waals surface area contributed by atoms with Crippen LogP contribution in [0.4, 0.5) is 4.79 Å². The molecule has 0 radical (unpaired) electrons. The zero-order valence-corrected chi connectivity index (χ0v) is 12.8. The zero-order valence-electron chi connectivity index (χ0n) is 12.0. The maximum atomic E-state index is 12.2. The number of thioether (sulfide) groups is 1. The molecule has 114 valence electrons. The molecule has 0 aliphatic carbocycles. The number of urea groups is 1. The molecule has 2 rings (SSSR count). The molecular formula is C15H20N2O3S. The number of aliphatic carboxylic acids is 1. The molecule has 5 nitrogen and oxygen atoms in total. The van der Waals surface area contributed by atoms with E-state index in [1.54, 1.807) is 11.9 Å². The Labute approximate surface area is 128 Å². The number of benzene rings is 1. The van der Waals surface area contributed by atoms with Crippen molar-refractivity contribution >= 4 is 23.8 Å². The van der Waals surface area contributed by atoms with Gasteiger partial charge in [0.1, 0.15) is 6.04 Å². The average molecular weight is 308 g/mol. The Morgan fingerprint density at radius 3 is 2.71 bits per heavy atom. The van der Waals surface area contributed by atoms with Gasteiger partial charge in [0.25, 0.3) is 0 Å². The van der Waals surface area contributed by atoms with Crippen molar-refractivity contribution in [3.8, 4) is 0 Å². The maximum absolute atomic E-state index is 12.2. The monoisotopic (exact) mass is 308 g/mol. The highest BCUT2D eigenvalue weighted by atomic mass is 32.2. The molecule has 1 unspecified atom stereocenters. The molecule has 1 aliphatic heterocycles. The van der Waals surface area contributed by atoms with E-state index in [4.69, 9.17) is 0 Å². The number of carbonyl (C=O) groups excluding carboxylic acids is 1. The minimum absolute atomic E-state index is 0.196. The van der Waals surface area contributed by atoms with Crippen molar-refractivity contribution in [3.05, 3.63) is 35.9 Å². The van der Waals surface area contributed by atoms with Crippen LogP contribution in [-0.2, 0) is 11.2 Å². The predicted molar refractivity (Wildman–Crippen MR) is 83.6 cm³/mol. The Bertz CT molecular complexity index is 489. The second-order valence-electron chi connectivity index (χ2n) is 5.16. The summed E-state index contributed by atoms with van der Waals surface area (Å²) in [6.45, 7) is 0. The van der Waals surface area contributed by atoms with Gasteiger partial charge in [0.15, 0.2) is 0 Å². The van der Waals surface area contributed by atoms with Crippen molar-refractivity contribution in [1.29, 1.82) is 0 Å². The molecule has 1 saturated heterocycles. The molecule has 1 aromatic rings. The smallest absolute Gasteiger partial charge is 0.326 e. The summed E-state index contributed by atoms with van der Waals surface area (Å²) in [6, 6.07) is 8.29. The van der Waals surface area contributed by atoms with Gasteiger partial charge in [0.05, 0.1) is 0 Å². The molecule has 6 heteroatoms. The summed E-state index contributed by atoms with van der Waals surface area (Å²) in [6.07, 6.45) is 1.25. The van der Waals surface area contributed by atoms with Gasteiger partial charge in [-0.05, 0) is 17.7 Å². The number of nitrogens with one attached hydrogen (secondary N) is 1. The van der Waals surface area contributed by atoms with Gasteiger partial charge in [-0.1, -0.05) is 30.3 Å². The van der Waals surface area contributed by atoms with Crippen LogP contribution in [0.25, 0.3) is 0 Å². The van der Waals surface area contributed by atoms with Crippen LogP contribution in [0, 0.1) is 0 Å². The van der Waals surface area contributed by atoms with Crippen molar-refractivity contribution in [2.75, 3.05) is 18.6 Å². The topological polar surface area (TPSA) is 69.6 Å². The zero-order chi connectivity index (χ0) is 15.2. The summed E-state index contributed by atoms with van der Waals surface area (Å²) >= 11 is 1.82. The first-order valence-electron chi connectivity index (χ1n) is 6.95. The second kappa shape index (κ2) is 7.36. The lowest BCUT2D eigenvalue weighted by atomic mass is 10.1. The second-order valence-corrected chi connectivity index (χ2v) is 6.31. The Kier molecular flexibility index (Phi) is 5.50.